The number of nitrogens with zero attached hydrogens (tertiary/aromatic N) is 1. The zero-order chi connectivity index (χ0) is 13.2. The quantitative estimate of drug-likeness (QED) is 0.811. The number of likely N-dealkylation sites (tertiary alicyclic amines) is 1. The van der Waals surface area contributed by atoms with Crippen molar-refractivity contribution in [1.29, 1.82) is 0 Å². The summed E-state index contributed by atoms with van der Waals surface area (Å²) in [4.78, 5) is 2.71. The molecule has 2 nitrogen and oxygen atoms in total. The molecule has 0 aromatic carbocycles. The first kappa shape index (κ1) is 14.3. The molecule has 0 radical (unpaired) electrons. The maximum absolute atomic E-state index is 3.76. The van der Waals surface area contributed by atoms with Gasteiger partial charge in [-0.25, -0.2) is 0 Å². The van der Waals surface area contributed by atoms with Crippen LogP contribution in [0.2, 0.25) is 0 Å². The van der Waals surface area contributed by atoms with Crippen LogP contribution in [-0.2, 0) is 0 Å². The summed E-state index contributed by atoms with van der Waals surface area (Å²) < 4.78 is 0. The molecule has 1 atom stereocenters. The molecule has 18 heavy (non-hydrogen) atoms. The average molecular weight is 252 g/mol. The maximum atomic E-state index is 3.76. The van der Waals surface area contributed by atoms with Crippen molar-refractivity contribution in [1.82, 2.24) is 10.2 Å². The van der Waals surface area contributed by atoms with E-state index in [-0.39, 0.29) is 0 Å². The summed E-state index contributed by atoms with van der Waals surface area (Å²) in [5.74, 6) is 0. The van der Waals surface area contributed by atoms with Crippen LogP contribution in [0.25, 0.3) is 0 Å². The standard InChI is InChI=1S/C16H32N2/c1-15(2)7-6-11-18(12-9-15)13-14-16(3,4)8-5-10-17-14/h14,17H,5-13H2,1-4H3. The van der Waals surface area contributed by atoms with Gasteiger partial charge in [0.05, 0.1) is 0 Å². The molecule has 2 fully saturated rings. The van der Waals surface area contributed by atoms with Crippen molar-refractivity contribution in [2.45, 2.75) is 65.8 Å². The molecule has 2 aliphatic rings. The van der Waals surface area contributed by atoms with E-state index in [0.717, 1.165) is 0 Å². The van der Waals surface area contributed by atoms with Crippen LogP contribution in [0.3, 0.4) is 0 Å². The normalized spacial score (nSPS) is 33.0. The van der Waals surface area contributed by atoms with Gasteiger partial charge < -0.3 is 10.2 Å². The Kier molecular flexibility index (Phi) is 4.38. The van der Waals surface area contributed by atoms with Gasteiger partial charge in [0.1, 0.15) is 0 Å². The molecule has 1 unspecified atom stereocenters. The number of piperidine rings is 1. The fraction of sp³-hybridized carbons (Fsp3) is 1.00. The molecule has 1 N–H and O–H groups in total. The average Bonchev–Trinajstić information content (AvgIpc) is 2.43. The minimum absolute atomic E-state index is 0.472. The number of rotatable bonds is 2. The van der Waals surface area contributed by atoms with E-state index in [9.17, 15) is 0 Å². The van der Waals surface area contributed by atoms with E-state index in [4.69, 9.17) is 0 Å². The van der Waals surface area contributed by atoms with Crippen molar-refractivity contribution in [3.63, 3.8) is 0 Å². The number of hydrogen-bond acceptors (Lipinski definition) is 2. The van der Waals surface area contributed by atoms with Crippen LogP contribution in [-0.4, -0.2) is 37.1 Å². The lowest BCUT2D eigenvalue weighted by Crippen LogP contribution is -2.53. The van der Waals surface area contributed by atoms with Crippen molar-refractivity contribution < 1.29 is 0 Å². The van der Waals surface area contributed by atoms with Crippen molar-refractivity contribution in [2.24, 2.45) is 10.8 Å². The lowest BCUT2D eigenvalue weighted by molar-refractivity contribution is 0.126. The number of hydrogen-bond donors (Lipinski definition) is 1. The first-order valence-electron chi connectivity index (χ1n) is 7.85. The van der Waals surface area contributed by atoms with Gasteiger partial charge in [0.15, 0.2) is 0 Å². The second-order valence-corrected chi connectivity index (χ2v) is 7.92. The summed E-state index contributed by atoms with van der Waals surface area (Å²) in [6.45, 7) is 14.8. The summed E-state index contributed by atoms with van der Waals surface area (Å²) in [5, 5.41) is 3.76. The van der Waals surface area contributed by atoms with Gasteiger partial charge in [-0.15, -0.1) is 0 Å². The predicted molar refractivity (Wildman–Crippen MR) is 78.9 cm³/mol. The number of nitrogens with one attached hydrogen (secondary N) is 1. The first-order valence-corrected chi connectivity index (χ1v) is 7.85. The van der Waals surface area contributed by atoms with Gasteiger partial charge in [-0.2, -0.15) is 0 Å². The largest absolute Gasteiger partial charge is 0.312 e. The Bertz CT molecular complexity index is 270. The van der Waals surface area contributed by atoms with Crippen LogP contribution < -0.4 is 5.32 Å². The van der Waals surface area contributed by atoms with Gasteiger partial charge in [0.2, 0.25) is 0 Å². The van der Waals surface area contributed by atoms with Gasteiger partial charge in [-0.05, 0) is 62.6 Å². The van der Waals surface area contributed by atoms with Crippen LogP contribution in [0.1, 0.15) is 59.8 Å². The molecule has 0 amide bonds. The van der Waals surface area contributed by atoms with Crippen molar-refractivity contribution in [3.05, 3.63) is 0 Å². The third-order valence-corrected chi connectivity index (χ3v) is 5.21. The Morgan fingerprint density at radius 2 is 1.78 bits per heavy atom. The second kappa shape index (κ2) is 5.50. The second-order valence-electron chi connectivity index (χ2n) is 7.92. The van der Waals surface area contributed by atoms with E-state index in [1.807, 2.05) is 0 Å². The minimum atomic E-state index is 0.472. The Morgan fingerprint density at radius 1 is 1.00 bits per heavy atom. The zero-order valence-electron chi connectivity index (χ0n) is 12.9. The zero-order valence-corrected chi connectivity index (χ0v) is 12.9. The highest BCUT2D eigenvalue weighted by atomic mass is 15.2. The van der Waals surface area contributed by atoms with E-state index in [2.05, 4.69) is 37.9 Å². The highest BCUT2D eigenvalue weighted by Crippen LogP contribution is 2.33. The molecule has 0 aromatic rings. The topological polar surface area (TPSA) is 15.3 Å². The SMILES string of the molecule is CC1(C)CCCN(CC2NCCCC2(C)C)CC1. The van der Waals surface area contributed by atoms with Crippen LogP contribution in [0.5, 0.6) is 0 Å². The van der Waals surface area contributed by atoms with Crippen molar-refractivity contribution >= 4 is 0 Å². The molecular formula is C16H32N2. The van der Waals surface area contributed by atoms with Gasteiger partial charge in [0.25, 0.3) is 0 Å². The minimum Gasteiger partial charge on any atom is -0.312 e. The molecule has 2 aliphatic heterocycles. The highest BCUT2D eigenvalue weighted by molar-refractivity contribution is 4.91. The monoisotopic (exact) mass is 252 g/mol. The Balaban J connectivity index is 1.89. The summed E-state index contributed by atoms with van der Waals surface area (Å²) in [5.41, 5.74) is 1.03. The molecule has 0 bridgehead atoms. The van der Waals surface area contributed by atoms with Gasteiger partial charge >= 0.3 is 0 Å². The smallest absolute Gasteiger partial charge is 0.0246 e. The Hall–Kier alpha value is -0.0800. The van der Waals surface area contributed by atoms with Gasteiger partial charge in [0, 0.05) is 12.6 Å². The molecule has 106 valence electrons. The molecule has 0 aliphatic carbocycles. The summed E-state index contributed by atoms with van der Waals surface area (Å²) in [6.07, 6.45) is 6.85. The third-order valence-electron chi connectivity index (χ3n) is 5.21. The molecule has 2 saturated heterocycles. The summed E-state index contributed by atoms with van der Waals surface area (Å²) in [6, 6.07) is 0.687. The van der Waals surface area contributed by atoms with E-state index in [0.29, 0.717) is 16.9 Å². The lowest BCUT2D eigenvalue weighted by Gasteiger charge is -2.42. The molecular weight excluding hydrogens is 220 g/mol. The first-order chi connectivity index (χ1) is 8.39. The fourth-order valence-electron chi connectivity index (χ4n) is 3.50. The van der Waals surface area contributed by atoms with Crippen LogP contribution in [0, 0.1) is 10.8 Å². The Morgan fingerprint density at radius 3 is 2.50 bits per heavy atom. The van der Waals surface area contributed by atoms with Crippen molar-refractivity contribution in [2.75, 3.05) is 26.2 Å². The van der Waals surface area contributed by atoms with Crippen LogP contribution in [0.15, 0.2) is 0 Å². The van der Waals surface area contributed by atoms with Crippen molar-refractivity contribution in [3.8, 4) is 0 Å². The molecule has 2 heterocycles. The molecule has 0 saturated carbocycles. The highest BCUT2D eigenvalue weighted by Gasteiger charge is 2.33. The van der Waals surface area contributed by atoms with E-state index in [1.165, 1.54) is 58.3 Å². The van der Waals surface area contributed by atoms with Gasteiger partial charge in [-0.3, -0.25) is 0 Å². The Labute approximate surface area is 114 Å². The fourth-order valence-corrected chi connectivity index (χ4v) is 3.50. The maximum Gasteiger partial charge on any atom is 0.0246 e. The van der Waals surface area contributed by atoms with Gasteiger partial charge in [-0.1, -0.05) is 27.7 Å². The lowest BCUT2D eigenvalue weighted by atomic mass is 9.77. The van der Waals surface area contributed by atoms with E-state index in [1.54, 1.807) is 0 Å². The van der Waals surface area contributed by atoms with Crippen LogP contribution in [0.4, 0.5) is 0 Å². The molecule has 0 aromatic heterocycles. The van der Waals surface area contributed by atoms with Crippen LogP contribution >= 0.6 is 0 Å². The van der Waals surface area contributed by atoms with E-state index >= 15 is 0 Å². The molecule has 0 spiro atoms. The third kappa shape index (κ3) is 3.71. The van der Waals surface area contributed by atoms with E-state index < -0.39 is 0 Å². The summed E-state index contributed by atoms with van der Waals surface area (Å²) in [7, 11) is 0. The molecule has 2 rings (SSSR count). The summed E-state index contributed by atoms with van der Waals surface area (Å²) >= 11 is 0. The predicted octanol–water partition coefficient (Wildman–Crippen LogP) is 3.28. The molecule has 2 heteroatoms.